The first-order valence-corrected chi connectivity index (χ1v) is 6.80. The molecule has 0 radical (unpaired) electrons. The van der Waals surface area contributed by atoms with Gasteiger partial charge in [0.05, 0.1) is 0 Å². The molecule has 1 aromatic heterocycles. The quantitative estimate of drug-likeness (QED) is 0.685. The minimum atomic E-state index is 0.562. The highest BCUT2D eigenvalue weighted by Gasteiger charge is 2.29. The van der Waals surface area contributed by atoms with E-state index in [0.717, 1.165) is 11.3 Å². The van der Waals surface area contributed by atoms with Gasteiger partial charge >= 0.3 is 0 Å². The van der Waals surface area contributed by atoms with Gasteiger partial charge < -0.3 is 4.42 Å². The van der Waals surface area contributed by atoms with Crippen LogP contribution < -0.4 is 0 Å². The third-order valence-electron chi connectivity index (χ3n) is 3.56. The molecule has 0 amide bonds. The highest BCUT2D eigenvalue weighted by Crippen LogP contribution is 2.41. The molecule has 0 aliphatic heterocycles. The second kappa shape index (κ2) is 3.92. The predicted octanol–water partition coefficient (Wildman–Crippen LogP) is 4.77. The van der Waals surface area contributed by atoms with E-state index in [9.17, 15) is 0 Å². The van der Waals surface area contributed by atoms with Gasteiger partial charge in [-0.3, -0.25) is 0 Å². The van der Waals surface area contributed by atoms with Crippen molar-refractivity contribution in [1.82, 2.24) is 0 Å². The molecule has 2 aromatic rings. The van der Waals surface area contributed by atoms with Crippen molar-refractivity contribution >= 4 is 26.9 Å². The van der Waals surface area contributed by atoms with Gasteiger partial charge in [-0.15, -0.1) is 0 Å². The summed E-state index contributed by atoms with van der Waals surface area (Å²) in [4.78, 5) is 0.591. The number of para-hydroxylation sites is 1. The maximum atomic E-state index is 6.02. The number of fused-ring (bicyclic) bond motifs is 1. The molecule has 0 saturated heterocycles. The van der Waals surface area contributed by atoms with Crippen molar-refractivity contribution in [2.24, 2.45) is 0 Å². The van der Waals surface area contributed by atoms with Crippen molar-refractivity contribution < 1.29 is 4.42 Å². The topological polar surface area (TPSA) is 13.1 Å². The number of furan rings is 1. The monoisotopic (exact) mass is 278 g/mol. The van der Waals surface area contributed by atoms with E-state index in [2.05, 4.69) is 47.1 Å². The molecule has 1 nitrogen and oxygen atoms in total. The van der Waals surface area contributed by atoms with Crippen LogP contribution in [0.4, 0.5) is 0 Å². The van der Waals surface area contributed by atoms with Crippen molar-refractivity contribution in [3.05, 3.63) is 35.6 Å². The van der Waals surface area contributed by atoms with E-state index in [0.29, 0.717) is 10.7 Å². The molecule has 0 N–H and O–H groups in total. The number of aryl methyl sites for hydroxylation is 1. The molecule has 1 heterocycles. The number of hydrogen-bond acceptors (Lipinski definition) is 1. The first-order valence-electron chi connectivity index (χ1n) is 5.89. The van der Waals surface area contributed by atoms with Crippen LogP contribution in [-0.2, 0) is 0 Å². The zero-order valence-corrected chi connectivity index (χ0v) is 11.0. The highest BCUT2D eigenvalue weighted by molar-refractivity contribution is 9.09. The zero-order valence-electron chi connectivity index (χ0n) is 9.37. The average Bonchev–Trinajstić information content (AvgIpc) is 2.84. The first-order chi connectivity index (χ1) is 7.75. The second-order valence-electron chi connectivity index (χ2n) is 4.70. The number of hydrogen-bond donors (Lipinski definition) is 0. The lowest BCUT2D eigenvalue weighted by molar-refractivity contribution is 0.498. The molecule has 84 valence electrons. The van der Waals surface area contributed by atoms with E-state index >= 15 is 0 Å². The summed E-state index contributed by atoms with van der Waals surface area (Å²) < 4.78 is 6.02. The van der Waals surface area contributed by atoms with E-state index in [1.54, 1.807) is 0 Å². The molecule has 0 spiro atoms. The standard InChI is InChI=1S/C14H15BrO/c1-9-4-2-5-10-8-13(16-14(9)10)11-6-3-7-12(11)15/h2,4-5,8,11-12H,3,6-7H2,1H3. The van der Waals surface area contributed by atoms with Crippen molar-refractivity contribution in [2.45, 2.75) is 36.9 Å². The van der Waals surface area contributed by atoms with Crippen LogP contribution in [0.2, 0.25) is 0 Å². The summed E-state index contributed by atoms with van der Waals surface area (Å²) in [5.41, 5.74) is 2.29. The summed E-state index contributed by atoms with van der Waals surface area (Å²) in [7, 11) is 0. The molecular formula is C14H15BrO. The summed E-state index contributed by atoms with van der Waals surface area (Å²) in [6.07, 6.45) is 3.81. The molecule has 1 aliphatic carbocycles. The van der Waals surface area contributed by atoms with Crippen LogP contribution in [0.3, 0.4) is 0 Å². The number of halogens is 1. The van der Waals surface area contributed by atoms with Gasteiger partial charge in [0.2, 0.25) is 0 Å². The van der Waals surface area contributed by atoms with Gasteiger partial charge in [0.15, 0.2) is 0 Å². The van der Waals surface area contributed by atoms with E-state index in [4.69, 9.17) is 4.42 Å². The zero-order chi connectivity index (χ0) is 11.1. The first kappa shape index (κ1) is 10.4. The Labute approximate surface area is 104 Å². The van der Waals surface area contributed by atoms with E-state index in [1.165, 1.54) is 30.2 Å². The lowest BCUT2D eigenvalue weighted by Gasteiger charge is -2.09. The molecule has 1 aromatic carbocycles. The van der Waals surface area contributed by atoms with Crippen LogP contribution in [0.1, 0.15) is 36.5 Å². The molecule has 16 heavy (non-hydrogen) atoms. The van der Waals surface area contributed by atoms with Crippen LogP contribution in [0, 0.1) is 6.92 Å². The van der Waals surface area contributed by atoms with Crippen molar-refractivity contribution in [3.63, 3.8) is 0 Å². The maximum Gasteiger partial charge on any atom is 0.137 e. The normalized spacial score (nSPS) is 25.4. The Morgan fingerprint density at radius 1 is 1.31 bits per heavy atom. The van der Waals surface area contributed by atoms with Crippen LogP contribution >= 0.6 is 15.9 Å². The number of rotatable bonds is 1. The Hall–Kier alpha value is -0.760. The third-order valence-corrected chi connectivity index (χ3v) is 4.65. The Balaban J connectivity index is 2.08. The molecule has 3 rings (SSSR count). The van der Waals surface area contributed by atoms with Gasteiger partial charge in [0, 0.05) is 16.1 Å². The Bertz CT molecular complexity index is 514. The Kier molecular flexibility index (Phi) is 2.55. The molecule has 2 heteroatoms. The van der Waals surface area contributed by atoms with Gasteiger partial charge in [0.25, 0.3) is 0 Å². The molecule has 1 saturated carbocycles. The fraction of sp³-hybridized carbons (Fsp3) is 0.429. The molecular weight excluding hydrogens is 264 g/mol. The predicted molar refractivity (Wildman–Crippen MR) is 70.3 cm³/mol. The number of benzene rings is 1. The summed E-state index contributed by atoms with van der Waals surface area (Å²) in [5.74, 6) is 1.72. The molecule has 0 bridgehead atoms. The van der Waals surface area contributed by atoms with E-state index < -0.39 is 0 Å². The van der Waals surface area contributed by atoms with Crippen LogP contribution in [0.5, 0.6) is 0 Å². The third kappa shape index (κ3) is 1.60. The lowest BCUT2D eigenvalue weighted by Crippen LogP contribution is -2.02. The molecule has 2 atom stereocenters. The van der Waals surface area contributed by atoms with Gasteiger partial charge in [-0.05, 0) is 31.4 Å². The minimum Gasteiger partial charge on any atom is -0.460 e. The summed E-state index contributed by atoms with van der Waals surface area (Å²) in [6, 6.07) is 8.55. The fourth-order valence-corrected chi connectivity index (χ4v) is 3.50. The van der Waals surface area contributed by atoms with Crippen LogP contribution in [0.15, 0.2) is 28.7 Å². The van der Waals surface area contributed by atoms with Crippen LogP contribution in [0.25, 0.3) is 11.0 Å². The summed E-state index contributed by atoms with van der Waals surface area (Å²) in [5, 5.41) is 1.24. The Morgan fingerprint density at radius 3 is 2.88 bits per heavy atom. The smallest absolute Gasteiger partial charge is 0.137 e. The average molecular weight is 279 g/mol. The SMILES string of the molecule is Cc1cccc2cc(C3CCCC3Br)oc12. The van der Waals surface area contributed by atoms with Crippen molar-refractivity contribution in [3.8, 4) is 0 Å². The summed E-state index contributed by atoms with van der Waals surface area (Å²) in [6.45, 7) is 2.11. The van der Waals surface area contributed by atoms with Gasteiger partial charge in [-0.25, -0.2) is 0 Å². The number of alkyl halides is 1. The Morgan fingerprint density at radius 2 is 2.19 bits per heavy atom. The lowest BCUT2D eigenvalue weighted by atomic mass is 10.0. The fourth-order valence-electron chi connectivity index (χ4n) is 2.65. The van der Waals surface area contributed by atoms with Crippen molar-refractivity contribution in [2.75, 3.05) is 0 Å². The van der Waals surface area contributed by atoms with Gasteiger partial charge in [-0.1, -0.05) is 40.5 Å². The molecule has 2 unspecified atom stereocenters. The van der Waals surface area contributed by atoms with E-state index in [-0.39, 0.29) is 0 Å². The second-order valence-corrected chi connectivity index (χ2v) is 5.87. The highest BCUT2D eigenvalue weighted by atomic mass is 79.9. The maximum absolute atomic E-state index is 6.02. The van der Waals surface area contributed by atoms with Gasteiger partial charge in [-0.2, -0.15) is 0 Å². The van der Waals surface area contributed by atoms with E-state index in [1.807, 2.05) is 0 Å². The molecule has 1 fully saturated rings. The summed E-state index contributed by atoms with van der Waals surface area (Å²) >= 11 is 3.76. The van der Waals surface area contributed by atoms with Crippen LogP contribution in [-0.4, -0.2) is 4.83 Å². The minimum absolute atomic E-state index is 0.562. The molecule has 1 aliphatic rings. The largest absolute Gasteiger partial charge is 0.460 e. The van der Waals surface area contributed by atoms with Crippen molar-refractivity contribution in [1.29, 1.82) is 0 Å². The van der Waals surface area contributed by atoms with Gasteiger partial charge in [0.1, 0.15) is 11.3 Å².